The molecule has 2 nitrogen and oxygen atoms in total. The number of nitrogens with zero attached hydrogens (tertiary/aromatic N) is 2. The number of aromatic nitrogens is 2. The van der Waals surface area contributed by atoms with Gasteiger partial charge in [0.1, 0.15) is 11.5 Å². The molecule has 4 heteroatoms. The van der Waals surface area contributed by atoms with Gasteiger partial charge >= 0.3 is 0 Å². The van der Waals surface area contributed by atoms with Gasteiger partial charge < -0.3 is 0 Å². The van der Waals surface area contributed by atoms with Crippen LogP contribution >= 0.6 is 27.5 Å². The van der Waals surface area contributed by atoms with Crippen molar-refractivity contribution in [3.8, 4) is 0 Å². The first-order chi connectivity index (χ1) is 5.27. The van der Waals surface area contributed by atoms with Crippen molar-refractivity contribution >= 4 is 33.0 Å². The molecule has 2 rings (SSSR count). The van der Waals surface area contributed by atoms with Gasteiger partial charge in [0.05, 0.1) is 11.7 Å². The fourth-order valence-corrected chi connectivity index (χ4v) is 1.80. The van der Waals surface area contributed by atoms with Crippen LogP contribution in [0, 0.1) is 0 Å². The highest BCUT2D eigenvalue weighted by Crippen LogP contribution is 2.19. The van der Waals surface area contributed by atoms with Crippen molar-refractivity contribution in [2.75, 3.05) is 0 Å². The van der Waals surface area contributed by atoms with E-state index < -0.39 is 0 Å². The summed E-state index contributed by atoms with van der Waals surface area (Å²) in [6.45, 7) is 0. The molecule has 0 saturated heterocycles. The molecular weight excluding hydrogens is 227 g/mol. The summed E-state index contributed by atoms with van der Waals surface area (Å²) in [5.41, 5.74) is 0.990. The van der Waals surface area contributed by atoms with Crippen LogP contribution in [-0.4, -0.2) is 9.38 Å². The molecule has 2 aromatic rings. The van der Waals surface area contributed by atoms with Gasteiger partial charge in [-0.1, -0.05) is 27.5 Å². The molecule has 0 aromatic carbocycles. The summed E-state index contributed by atoms with van der Waals surface area (Å²) in [4.78, 5) is 3.96. The van der Waals surface area contributed by atoms with Crippen LogP contribution in [0.1, 0.15) is 0 Å². The molecule has 0 amide bonds. The van der Waals surface area contributed by atoms with Gasteiger partial charge in [-0.2, -0.15) is 0 Å². The van der Waals surface area contributed by atoms with Crippen LogP contribution in [0.25, 0.3) is 5.52 Å². The zero-order chi connectivity index (χ0) is 7.84. The molecule has 0 fully saturated rings. The minimum absolute atomic E-state index is 0.659. The van der Waals surface area contributed by atoms with Gasteiger partial charge in [0.25, 0.3) is 0 Å². The lowest BCUT2D eigenvalue weighted by atomic mass is 10.4. The number of pyridine rings is 1. The zero-order valence-electron chi connectivity index (χ0n) is 5.46. The Labute approximate surface area is 76.9 Å². The van der Waals surface area contributed by atoms with Crippen LogP contribution in [0.2, 0.25) is 5.15 Å². The lowest BCUT2D eigenvalue weighted by Crippen LogP contribution is -1.82. The van der Waals surface area contributed by atoms with Crippen molar-refractivity contribution in [2.45, 2.75) is 0 Å². The van der Waals surface area contributed by atoms with E-state index in [1.807, 2.05) is 16.5 Å². The Morgan fingerprint density at radius 2 is 2.27 bits per heavy atom. The molecule has 0 aliphatic rings. The number of hydrogen-bond acceptors (Lipinski definition) is 1. The van der Waals surface area contributed by atoms with Crippen LogP contribution < -0.4 is 0 Å². The van der Waals surface area contributed by atoms with E-state index in [0.29, 0.717) is 5.15 Å². The van der Waals surface area contributed by atoms with Crippen molar-refractivity contribution in [1.82, 2.24) is 9.38 Å². The van der Waals surface area contributed by atoms with Crippen molar-refractivity contribution in [3.05, 3.63) is 34.3 Å². The first kappa shape index (κ1) is 7.13. The van der Waals surface area contributed by atoms with Crippen LogP contribution in [0.3, 0.4) is 0 Å². The Morgan fingerprint density at radius 1 is 1.45 bits per heavy atom. The Kier molecular flexibility index (Phi) is 1.62. The Bertz CT molecular complexity index is 396. The van der Waals surface area contributed by atoms with E-state index >= 15 is 0 Å². The first-order valence-corrected chi connectivity index (χ1v) is 4.21. The molecule has 0 aliphatic carbocycles. The molecule has 0 atom stereocenters. The normalized spacial score (nSPS) is 10.7. The summed E-state index contributed by atoms with van der Waals surface area (Å²) in [6, 6.07) is 3.79. The number of imidazole rings is 1. The van der Waals surface area contributed by atoms with E-state index in [4.69, 9.17) is 11.6 Å². The van der Waals surface area contributed by atoms with Gasteiger partial charge in [0.15, 0.2) is 0 Å². The summed E-state index contributed by atoms with van der Waals surface area (Å²) in [7, 11) is 0. The maximum atomic E-state index is 5.90. The Hall–Kier alpha value is -0.540. The molecule has 56 valence electrons. The molecule has 0 bridgehead atoms. The largest absolute Gasteiger partial charge is 0.289 e. The first-order valence-electron chi connectivity index (χ1n) is 3.04. The van der Waals surface area contributed by atoms with E-state index in [0.717, 1.165) is 9.99 Å². The highest BCUT2D eigenvalue weighted by molar-refractivity contribution is 9.10. The zero-order valence-corrected chi connectivity index (χ0v) is 7.80. The molecule has 2 aromatic heterocycles. The van der Waals surface area contributed by atoms with E-state index in [2.05, 4.69) is 20.9 Å². The highest BCUT2D eigenvalue weighted by Gasteiger charge is 1.98. The minimum Gasteiger partial charge on any atom is -0.289 e. The molecule has 0 aliphatic heterocycles. The Balaban J connectivity index is 2.91. The number of fused-ring (bicyclic) bond motifs is 1. The minimum atomic E-state index is 0.659. The summed E-state index contributed by atoms with van der Waals surface area (Å²) >= 11 is 9.24. The highest BCUT2D eigenvalue weighted by atomic mass is 79.9. The quantitative estimate of drug-likeness (QED) is 0.637. The lowest BCUT2D eigenvalue weighted by Gasteiger charge is -1.97. The monoisotopic (exact) mass is 230 g/mol. The molecule has 0 unspecified atom stereocenters. The number of hydrogen-bond donors (Lipinski definition) is 0. The fraction of sp³-hybridized carbons (Fsp3) is 0. The van der Waals surface area contributed by atoms with Crippen LogP contribution in [-0.2, 0) is 0 Å². The number of rotatable bonds is 0. The predicted octanol–water partition coefficient (Wildman–Crippen LogP) is 2.75. The second kappa shape index (κ2) is 2.50. The van der Waals surface area contributed by atoms with Crippen molar-refractivity contribution < 1.29 is 0 Å². The third-order valence-corrected chi connectivity index (χ3v) is 2.19. The van der Waals surface area contributed by atoms with E-state index in [-0.39, 0.29) is 0 Å². The average Bonchev–Trinajstić information content (AvgIpc) is 2.34. The topological polar surface area (TPSA) is 17.3 Å². The second-order valence-electron chi connectivity index (χ2n) is 2.18. The summed E-state index contributed by atoms with van der Waals surface area (Å²) in [5.74, 6) is 0. The SMILES string of the molecule is Clc1cc(Br)cc2cncn12. The van der Waals surface area contributed by atoms with Crippen LogP contribution in [0.15, 0.2) is 29.1 Å². The molecule has 2 heterocycles. The van der Waals surface area contributed by atoms with Gasteiger partial charge in [-0.05, 0) is 12.1 Å². The molecule has 11 heavy (non-hydrogen) atoms. The lowest BCUT2D eigenvalue weighted by molar-refractivity contribution is 1.15. The standard InChI is InChI=1S/C7H4BrClN2/c8-5-1-6-3-10-4-11(6)7(9)2-5/h1-4H. The van der Waals surface area contributed by atoms with Gasteiger partial charge in [-0.3, -0.25) is 4.40 Å². The van der Waals surface area contributed by atoms with Gasteiger partial charge in [-0.15, -0.1) is 0 Å². The smallest absolute Gasteiger partial charge is 0.115 e. The molecular formula is C7H4BrClN2. The van der Waals surface area contributed by atoms with Gasteiger partial charge in [0.2, 0.25) is 0 Å². The van der Waals surface area contributed by atoms with Crippen LogP contribution in [0.4, 0.5) is 0 Å². The molecule has 0 saturated carbocycles. The maximum Gasteiger partial charge on any atom is 0.115 e. The third-order valence-electron chi connectivity index (χ3n) is 1.44. The van der Waals surface area contributed by atoms with Crippen molar-refractivity contribution in [3.63, 3.8) is 0 Å². The molecule has 0 N–H and O–H groups in total. The predicted molar refractivity (Wildman–Crippen MR) is 47.9 cm³/mol. The van der Waals surface area contributed by atoms with E-state index in [1.165, 1.54) is 0 Å². The van der Waals surface area contributed by atoms with E-state index in [9.17, 15) is 0 Å². The maximum absolute atomic E-state index is 5.90. The molecule has 0 radical (unpaired) electrons. The third kappa shape index (κ3) is 1.14. The Morgan fingerprint density at radius 3 is 3.09 bits per heavy atom. The number of halogens is 2. The summed E-state index contributed by atoms with van der Waals surface area (Å²) < 4.78 is 2.78. The average molecular weight is 231 g/mol. The van der Waals surface area contributed by atoms with Crippen molar-refractivity contribution in [2.24, 2.45) is 0 Å². The fourth-order valence-electron chi connectivity index (χ4n) is 0.957. The van der Waals surface area contributed by atoms with Crippen molar-refractivity contribution in [1.29, 1.82) is 0 Å². The van der Waals surface area contributed by atoms with Gasteiger partial charge in [-0.25, -0.2) is 4.98 Å². The summed E-state index contributed by atoms with van der Waals surface area (Å²) in [6.07, 6.45) is 3.45. The second-order valence-corrected chi connectivity index (χ2v) is 3.49. The van der Waals surface area contributed by atoms with Crippen LogP contribution in [0.5, 0.6) is 0 Å². The molecule has 0 spiro atoms. The summed E-state index contributed by atoms with van der Waals surface area (Å²) in [5, 5.41) is 0.659. The van der Waals surface area contributed by atoms with E-state index in [1.54, 1.807) is 12.5 Å². The van der Waals surface area contributed by atoms with Gasteiger partial charge in [0, 0.05) is 4.47 Å².